The van der Waals surface area contributed by atoms with Crippen LogP contribution < -0.4 is 0 Å². The molecule has 22 heavy (non-hydrogen) atoms. The van der Waals surface area contributed by atoms with Crippen molar-refractivity contribution in [3.63, 3.8) is 0 Å². The lowest BCUT2D eigenvalue weighted by molar-refractivity contribution is 0.0764. The van der Waals surface area contributed by atoms with Crippen LogP contribution in [0.15, 0.2) is 24.5 Å². The van der Waals surface area contributed by atoms with Crippen molar-refractivity contribution >= 4 is 5.91 Å². The van der Waals surface area contributed by atoms with Crippen LogP contribution in [0.25, 0.3) is 5.69 Å². The zero-order valence-corrected chi connectivity index (χ0v) is 12.7. The van der Waals surface area contributed by atoms with E-state index < -0.39 is 0 Å². The van der Waals surface area contributed by atoms with Crippen LogP contribution in [0.5, 0.6) is 0 Å². The van der Waals surface area contributed by atoms with Crippen LogP contribution in [0.4, 0.5) is 0 Å². The number of hydrogen-bond donors (Lipinski definition) is 0. The number of amides is 1. The van der Waals surface area contributed by atoms with Crippen LogP contribution in [0.3, 0.4) is 0 Å². The minimum absolute atomic E-state index is 0.126. The highest BCUT2D eigenvalue weighted by Crippen LogP contribution is 2.25. The molecule has 1 fully saturated rings. The fourth-order valence-electron chi connectivity index (χ4n) is 2.78. The monoisotopic (exact) mass is 295 g/mol. The minimum Gasteiger partial charge on any atom is -0.323 e. The van der Waals surface area contributed by atoms with Gasteiger partial charge in [0.15, 0.2) is 0 Å². The molecule has 0 N–H and O–H groups in total. The van der Waals surface area contributed by atoms with Gasteiger partial charge >= 0.3 is 0 Å². The third-order valence-electron chi connectivity index (χ3n) is 4.14. The molecule has 0 aliphatic carbocycles. The molecule has 0 saturated carbocycles. The van der Waals surface area contributed by atoms with Gasteiger partial charge in [0.25, 0.3) is 5.91 Å². The van der Waals surface area contributed by atoms with Gasteiger partial charge in [-0.1, -0.05) is 0 Å². The Morgan fingerprint density at radius 1 is 1.27 bits per heavy atom. The van der Waals surface area contributed by atoms with Crippen molar-refractivity contribution in [1.29, 1.82) is 5.26 Å². The first-order valence-corrected chi connectivity index (χ1v) is 7.30. The molecular formula is C16H17N5O. The van der Waals surface area contributed by atoms with Gasteiger partial charge in [-0.05, 0) is 49.9 Å². The standard InChI is InChI=1S/C16H17N5O/c1-11-8-14(16(22)20-7-3-4-13(20)10-17)15(9-12(11)2)21-18-5-6-19-21/h5-6,8-9,13H,3-4,7H2,1-2H3. The Balaban J connectivity index is 2.08. The Hall–Kier alpha value is -2.68. The van der Waals surface area contributed by atoms with Gasteiger partial charge in [-0.3, -0.25) is 4.79 Å². The number of hydrogen-bond acceptors (Lipinski definition) is 4. The van der Waals surface area contributed by atoms with Crippen LogP contribution in [-0.4, -0.2) is 38.4 Å². The molecular weight excluding hydrogens is 278 g/mol. The van der Waals surface area contributed by atoms with Gasteiger partial charge in [-0.2, -0.15) is 20.3 Å². The number of carbonyl (C=O) groups excluding carboxylic acids is 1. The summed E-state index contributed by atoms with van der Waals surface area (Å²) in [5.41, 5.74) is 3.30. The molecule has 112 valence electrons. The SMILES string of the molecule is Cc1cc(C(=O)N2CCCC2C#N)c(-n2nccn2)cc1C. The second-order valence-electron chi connectivity index (χ2n) is 5.56. The second-order valence-corrected chi connectivity index (χ2v) is 5.56. The smallest absolute Gasteiger partial charge is 0.257 e. The summed E-state index contributed by atoms with van der Waals surface area (Å²) in [6.45, 7) is 4.58. The Labute approximate surface area is 129 Å². The van der Waals surface area contributed by atoms with Crippen molar-refractivity contribution in [2.45, 2.75) is 32.7 Å². The van der Waals surface area contributed by atoms with Crippen LogP contribution in [-0.2, 0) is 0 Å². The van der Waals surface area contributed by atoms with Gasteiger partial charge in [-0.15, -0.1) is 0 Å². The molecule has 0 spiro atoms. The van der Waals surface area contributed by atoms with Crippen molar-refractivity contribution < 1.29 is 4.79 Å². The Bertz CT molecular complexity index is 745. The lowest BCUT2D eigenvalue weighted by Gasteiger charge is -2.21. The van der Waals surface area contributed by atoms with Gasteiger partial charge in [0.1, 0.15) is 6.04 Å². The molecule has 0 bridgehead atoms. The van der Waals surface area contributed by atoms with Crippen LogP contribution >= 0.6 is 0 Å². The van der Waals surface area contributed by atoms with Crippen LogP contribution in [0, 0.1) is 25.2 Å². The van der Waals surface area contributed by atoms with Gasteiger partial charge in [-0.25, -0.2) is 0 Å². The van der Waals surface area contributed by atoms with Crippen LogP contribution in [0.1, 0.15) is 34.3 Å². The summed E-state index contributed by atoms with van der Waals surface area (Å²) in [5.74, 6) is -0.126. The van der Waals surface area contributed by atoms with E-state index in [-0.39, 0.29) is 11.9 Å². The van der Waals surface area contributed by atoms with E-state index in [1.165, 1.54) is 4.80 Å². The van der Waals surface area contributed by atoms with E-state index in [0.717, 1.165) is 24.0 Å². The summed E-state index contributed by atoms with van der Waals surface area (Å²) >= 11 is 0. The molecule has 3 rings (SSSR count). The number of carbonyl (C=O) groups is 1. The molecule has 1 unspecified atom stereocenters. The van der Waals surface area contributed by atoms with Crippen molar-refractivity contribution in [2.24, 2.45) is 0 Å². The maximum absolute atomic E-state index is 12.9. The van der Waals surface area contributed by atoms with E-state index >= 15 is 0 Å². The molecule has 2 heterocycles. The first kappa shape index (κ1) is 14.3. The van der Waals surface area contributed by atoms with Crippen molar-refractivity contribution in [3.05, 3.63) is 41.2 Å². The first-order chi connectivity index (χ1) is 10.6. The first-order valence-electron chi connectivity index (χ1n) is 7.30. The Morgan fingerprint density at radius 3 is 2.64 bits per heavy atom. The fraction of sp³-hybridized carbons (Fsp3) is 0.375. The molecule has 1 atom stereocenters. The van der Waals surface area contributed by atoms with E-state index in [1.807, 2.05) is 26.0 Å². The van der Waals surface area contributed by atoms with E-state index in [9.17, 15) is 10.1 Å². The third-order valence-corrected chi connectivity index (χ3v) is 4.14. The highest BCUT2D eigenvalue weighted by Gasteiger charge is 2.31. The minimum atomic E-state index is -0.340. The molecule has 1 aliphatic heterocycles. The van der Waals surface area contributed by atoms with Gasteiger partial charge in [0, 0.05) is 6.54 Å². The van der Waals surface area contributed by atoms with Gasteiger partial charge < -0.3 is 4.90 Å². The van der Waals surface area contributed by atoms with Crippen molar-refractivity contribution in [3.8, 4) is 11.8 Å². The summed E-state index contributed by atoms with van der Waals surface area (Å²) in [6.07, 6.45) is 4.77. The quantitative estimate of drug-likeness (QED) is 0.849. The number of likely N-dealkylation sites (tertiary alicyclic amines) is 1. The molecule has 2 aromatic rings. The third kappa shape index (κ3) is 2.35. The zero-order chi connectivity index (χ0) is 15.7. The lowest BCUT2D eigenvalue weighted by atomic mass is 10.0. The maximum Gasteiger partial charge on any atom is 0.257 e. The number of benzene rings is 1. The van der Waals surface area contributed by atoms with E-state index in [1.54, 1.807) is 17.3 Å². The average molecular weight is 295 g/mol. The zero-order valence-electron chi connectivity index (χ0n) is 12.7. The van der Waals surface area contributed by atoms with Gasteiger partial charge in [0.05, 0.1) is 29.7 Å². The highest BCUT2D eigenvalue weighted by molar-refractivity contribution is 5.98. The van der Waals surface area contributed by atoms with Crippen molar-refractivity contribution in [1.82, 2.24) is 19.9 Å². The molecule has 1 saturated heterocycles. The number of nitrogens with zero attached hydrogens (tertiary/aromatic N) is 5. The van der Waals surface area contributed by atoms with E-state index in [4.69, 9.17) is 0 Å². The average Bonchev–Trinajstić information content (AvgIpc) is 3.19. The van der Waals surface area contributed by atoms with Gasteiger partial charge in [0.2, 0.25) is 0 Å². The van der Waals surface area contributed by atoms with E-state index in [0.29, 0.717) is 17.8 Å². The predicted molar refractivity (Wildman–Crippen MR) is 80.5 cm³/mol. The lowest BCUT2D eigenvalue weighted by Crippen LogP contribution is -2.35. The second kappa shape index (κ2) is 5.60. The number of aromatic nitrogens is 3. The molecule has 6 nitrogen and oxygen atoms in total. The molecule has 1 aromatic carbocycles. The molecule has 1 amide bonds. The largest absolute Gasteiger partial charge is 0.323 e. The molecule has 6 heteroatoms. The summed E-state index contributed by atoms with van der Waals surface area (Å²) < 4.78 is 0. The Kier molecular flexibility index (Phi) is 3.63. The summed E-state index contributed by atoms with van der Waals surface area (Å²) in [5, 5.41) is 17.5. The van der Waals surface area contributed by atoms with Crippen LogP contribution in [0.2, 0.25) is 0 Å². The summed E-state index contributed by atoms with van der Waals surface area (Å²) in [6, 6.07) is 5.65. The predicted octanol–water partition coefficient (Wildman–Crippen LogP) is 2.01. The molecule has 0 radical (unpaired) electrons. The fourth-order valence-corrected chi connectivity index (χ4v) is 2.78. The number of aryl methyl sites for hydroxylation is 2. The number of rotatable bonds is 2. The maximum atomic E-state index is 12.9. The Morgan fingerprint density at radius 2 is 1.95 bits per heavy atom. The summed E-state index contributed by atoms with van der Waals surface area (Å²) in [7, 11) is 0. The normalized spacial score (nSPS) is 17.5. The van der Waals surface area contributed by atoms with E-state index in [2.05, 4.69) is 16.3 Å². The molecule has 1 aliphatic rings. The topological polar surface area (TPSA) is 74.8 Å². The number of nitriles is 1. The molecule has 1 aromatic heterocycles. The highest BCUT2D eigenvalue weighted by atomic mass is 16.2. The summed E-state index contributed by atoms with van der Waals surface area (Å²) in [4.78, 5) is 16.0. The van der Waals surface area contributed by atoms with Crippen molar-refractivity contribution in [2.75, 3.05) is 6.54 Å².